The summed E-state index contributed by atoms with van der Waals surface area (Å²) in [6.07, 6.45) is 0.247. The molecule has 0 unspecified atom stereocenters. The Kier molecular flexibility index (Phi) is 3.88. The van der Waals surface area contributed by atoms with Gasteiger partial charge < -0.3 is 4.52 Å². The summed E-state index contributed by atoms with van der Waals surface area (Å²) in [5.74, 6) is -0.130. The van der Waals surface area contributed by atoms with Crippen LogP contribution in [0.5, 0.6) is 0 Å². The Hall–Kier alpha value is -1.85. The highest BCUT2D eigenvalue weighted by Gasteiger charge is 2.19. The lowest BCUT2D eigenvalue weighted by molar-refractivity contribution is -0.119. The number of anilines is 1. The van der Waals surface area contributed by atoms with Crippen LogP contribution in [-0.2, 0) is 10.2 Å². The zero-order valence-electron chi connectivity index (χ0n) is 10.5. The van der Waals surface area contributed by atoms with Gasteiger partial charge in [0.25, 0.3) is 0 Å². The third-order valence-corrected chi connectivity index (χ3v) is 2.09. The summed E-state index contributed by atoms with van der Waals surface area (Å²) >= 11 is 0. The van der Waals surface area contributed by atoms with Crippen molar-refractivity contribution in [3.63, 3.8) is 0 Å². The van der Waals surface area contributed by atoms with Crippen LogP contribution < -0.4 is 10.6 Å². The van der Waals surface area contributed by atoms with Crippen LogP contribution in [0.1, 0.15) is 39.8 Å². The summed E-state index contributed by atoms with van der Waals surface area (Å²) in [6, 6.07) is 1.02. The lowest BCUT2D eigenvalue weighted by atomic mass is 9.92. The van der Waals surface area contributed by atoms with Crippen LogP contribution >= 0.6 is 0 Å². The van der Waals surface area contributed by atoms with E-state index in [1.807, 2.05) is 20.8 Å². The van der Waals surface area contributed by atoms with Crippen molar-refractivity contribution in [3.8, 4) is 0 Å². The highest BCUT2D eigenvalue weighted by atomic mass is 16.5. The maximum atomic E-state index is 11.3. The molecule has 94 valence electrons. The van der Waals surface area contributed by atoms with Gasteiger partial charge in [-0.25, -0.2) is 4.79 Å². The van der Waals surface area contributed by atoms with Crippen molar-refractivity contribution in [2.45, 2.75) is 39.5 Å². The number of hydrogen-bond acceptors (Lipinski definition) is 4. The van der Waals surface area contributed by atoms with E-state index < -0.39 is 6.03 Å². The molecule has 0 aromatic carbocycles. The van der Waals surface area contributed by atoms with Crippen LogP contribution in [0.4, 0.5) is 10.7 Å². The number of rotatable bonds is 2. The highest BCUT2D eigenvalue weighted by molar-refractivity contribution is 6.00. The van der Waals surface area contributed by atoms with Crippen molar-refractivity contribution in [2.75, 3.05) is 5.32 Å². The first kappa shape index (κ1) is 13.2. The molecule has 3 amide bonds. The number of nitrogens with one attached hydrogen (secondary N) is 2. The first-order chi connectivity index (χ1) is 7.82. The zero-order valence-corrected chi connectivity index (χ0v) is 10.5. The molecular formula is C11H17N3O3. The second-order valence-electron chi connectivity index (χ2n) is 4.68. The Morgan fingerprint density at radius 3 is 2.53 bits per heavy atom. The van der Waals surface area contributed by atoms with Crippen LogP contribution in [0, 0.1) is 0 Å². The van der Waals surface area contributed by atoms with E-state index in [1.54, 1.807) is 13.0 Å². The lowest BCUT2D eigenvalue weighted by Gasteiger charge is -2.12. The minimum absolute atomic E-state index is 0.154. The molecule has 0 aliphatic rings. The molecule has 0 radical (unpaired) electrons. The van der Waals surface area contributed by atoms with Crippen molar-refractivity contribution in [1.29, 1.82) is 0 Å². The molecule has 0 saturated carbocycles. The van der Waals surface area contributed by atoms with E-state index >= 15 is 0 Å². The Labute approximate surface area is 99.7 Å². The van der Waals surface area contributed by atoms with E-state index in [1.165, 1.54) is 0 Å². The van der Waals surface area contributed by atoms with Crippen molar-refractivity contribution in [3.05, 3.63) is 11.8 Å². The average Bonchev–Trinajstić information content (AvgIpc) is 2.65. The van der Waals surface area contributed by atoms with Gasteiger partial charge in [-0.15, -0.1) is 0 Å². The first-order valence-corrected chi connectivity index (χ1v) is 5.41. The SMILES string of the molecule is CCC(=O)NC(=O)Nc1cc(C(C)(C)C)no1. The third kappa shape index (κ3) is 3.90. The molecule has 17 heavy (non-hydrogen) atoms. The first-order valence-electron chi connectivity index (χ1n) is 5.41. The average molecular weight is 239 g/mol. The van der Waals surface area contributed by atoms with E-state index in [9.17, 15) is 9.59 Å². The third-order valence-electron chi connectivity index (χ3n) is 2.09. The van der Waals surface area contributed by atoms with E-state index in [2.05, 4.69) is 15.8 Å². The number of nitrogens with zero attached hydrogens (tertiary/aromatic N) is 1. The van der Waals surface area contributed by atoms with Gasteiger partial charge in [-0.1, -0.05) is 32.9 Å². The summed E-state index contributed by atoms with van der Waals surface area (Å²) in [5, 5.41) is 8.39. The number of imide groups is 1. The summed E-state index contributed by atoms with van der Waals surface area (Å²) in [5.41, 5.74) is 0.578. The molecule has 0 saturated heterocycles. The number of aromatic nitrogens is 1. The van der Waals surface area contributed by atoms with Crippen molar-refractivity contribution < 1.29 is 14.1 Å². The summed E-state index contributed by atoms with van der Waals surface area (Å²) in [6.45, 7) is 7.61. The van der Waals surface area contributed by atoms with E-state index in [0.29, 0.717) is 0 Å². The molecular weight excluding hydrogens is 222 g/mol. The van der Waals surface area contributed by atoms with Crippen molar-refractivity contribution in [1.82, 2.24) is 10.5 Å². The summed E-state index contributed by atoms with van der Waals surface area (Å²) in [4.78, 5) is 22.3. The van der Waals surface area contributed by atoms with Crippen LogP contribution in [0.2, 0.25) is 0 Å². The molecule has 6 heteroatoms. The minimum Gasteiger partial charge on any atom is -0.338 e. The second-order valence-corrected chi connectivity index (χ2v) is 4.68. The predicted octanol–water partition coefficient (Wildman–Crippen LogP) is 2.03. The van der Waals surface area contributed by atoms with Crippen LogP contribution in [0.3, 0.4) is 0 Å². The van der Waals surface area contributed by atoms with Gasteiger partial charge in [0.15, 0.2) is 0 Å². The van der Waals surface area contributed by atoms with Gasteiger partial charge in [0.2, 0.25) is 11.8 Å². The molecule has 0 bridgehead atoms. The van der Waals surface area contributed by atoms with Gasteiger partial charge >= 0.3 is 6.03 Å². The Bertz CT molecular complexity index is 418. The Balaban J connectivity index is 2.61. The van der Waals surface area contributed by atoms with Gasteiger partial charge in [-0.3, -0.25) is 15.4 Å². The van der Waals surface area contributed by atoms with E-state index in [-0.39, 0.29) is 23.6 Å². The topological polar surface area (TPSA) is 84.2 Å². The molecule has 1 aromatic rings. The molecule has 1 rings (SSSR count). The molecule has 0 atom stereocenters. The number of hydrogen-bond donors (Lipinski definition) is 2. The molecule has 0 aliphatic heterocycles. The number of carbonyl (C=O) groups is 2. The predicted molar refractivity (Wildman–Crippen MR) is 62.7 cm³/mol. The summed E-state index contributed by atoms with van der Waals surface area (Å²) in [7, 11) is 0. The van der Waals surface area contributed by atoms with Gasteiger partial charge in [0, 0.05) is 17.9 Å². The Morgan fingerprint density at radius 1 is 1.41 bits per heavy atom. The van der Waals surface area contributed by atoms with Gasteiger partial charge in [-0.2, -0.15) is 0 Å². The van der Waals surface area contributed by atoms with Gasteiger partial charge in [0.1, 0.15) is 0 Å². The maximum Gasteiger partial charge on any atom is 0.328 e. The minimum atomic E-state index is -0.617. The second kappa shape index (κ2) is 4.99. The maximum absolute atomic E-state index is 11.3. The molecule has 1 heterocycles. The number of amides is 3. The van der Waals surface area contributed by atoms with Crippen LogP contribution in [0.25, 0.3) is 0 Å². The molecule has 6 nitrogen and oxygen atoms in total. The normalized spacial score (nSPS) is 11.1. The fourth-order valence-corrected chi connectivity index (χ4v) is 1.05. The van der Waals surface area contributed by atoms with Crippen LogP contribution in [0.15, 0.2) is 10.6 Å². The fourth-order valence-electron chi connectivity index (χ4n) is 1.05. The smallest absolute Gasteiger partial charge is 0.328 e. The lowest BCUT2D eigenvalue weighted by Crippen LogP contribution is -2.33. The Morgan fingerprint density at radius 2 is 2.06 bits per heavy atom. The standard InChI is InChI=1S/C11H17N3O3/c1-5-8(15)12-10(16)13-9-6-7(14-17-9)11(2,3)4/h6H,5H2,1-4H3,(H2,12,13,15,16). The quantitative estimate of drug-likeness (QED) is 0.827. The molecule has 0 fully saturated rings. The fraction of sp³-hybridized carbons (Fsp3) is 0.545. The van der Waals surface area contributed by atoms with E-state index in [0.717, 1.165) is 5.69 Å². The number of urea groups is 1. The largest absolute Gasteiger partial charge is 0.338 e. The van der Waals surface area contributed by atoms with Gasteiger partial charge in [0.05, 0.1) is 5.69 Å². The van der Waals surface area contributed by atoms with Gasteiger partial charge in [-0.05, 0) is 0 Å². The summed E-state index contributed by atoms with van der Waals surface area (Å²) < 4.78 is 4.94. The van der Waals surface area contributed by atoms with Crippen molar-refractivity contribution >= 4 is 17.8 Å². The highest BCUT2D eigenvalue weighted by Crippen LogP contribution is 2.23. The molecule has 2 N–H and O–H groups in total. The monoisotopic (exact) mass is 239 g/mol. The molecule has 0 spiro atoms. The zero-order chi connectivity index (χ0) is 13.1. The van der Waals surface area contributed by atoms with Crippen LogP contribution in [-0.4, -0.2) is 17.1 Å². The van der Waals surface area contributed by atoms with Crippen molar-refractivity contribution in [2.24, 2.45) is 0 Å². The molecule has 0 aliphatic carbocycles. The van der Waals surface area contributed by atoms with E-state index in [4.69, 9.17) is 4.52 Å². The number of carbonyl (C=O) groups excluding carboxylic acids is 2. The molecule has 1 aromatic heterocycles.